The molecule has 170 valence electrons. The number of sulfonamides is 1. The lowest BCUT2D eigenvalue weighted by atomic mass is 9.95. The first-order valence-corrected chi connectivity index (χ1v) is 11.6. The second-order valence-corrected chi connectivity index (χ2v) is 9.64. The Balaban J connectivity index is 1.77. The van der Waals surface area contributed by atoms with Crippen LogP contribution in [0.15, 0.2) is 60.1 Å². The lowest BCUT2D eigenvalue weighted by molar-refractivity contribution is -0.137. The van der Waals surface area contributed by atoms with Crippen molar-refractivity contribution in [3.8, 4) is 6.07 Å². The molecular formula is C22H22N6O4S. The molecule has 1 atom stereocenters. The van der Waals surface area contributed by atoms with Gasteiger partial charge in [-0.2, -0.15) is 9.57 Å². The number of fused-ring (bicyclic) bond motifs is 1. The quantitative estimate of drug-likeness (QED) is 0.552. The first-order valence-electron chi connectivity index (χ1n) is 10.2. The van der Waals surface area contributed by atoms with Crippen LogP contribution in [0.2, 0.25) is 0 Å². The van der Waals surface area contributed by atoms with Gasteiger partial charge in [-0.15, -0.1) is 0 Å². The predicted octanol–water partition coefficient (Wildman–Crippen LogP) is 1.39. The van der Waals surface area contributed by atoms with Crippen LogP contribution in [0.1, 0.15) is 16.8 Å². The number of carboxylic acid groups (broad SMARTS) is 1. The van der Waals surface area contributed by atoms with Crippen molar-refractivity contribution in [2.75, 3.05) is 18.0 Å². The third kappa shape index (κ3) is 4.57. The normalized spacial score (nSPS) is 15.8. The molecule has 0 saturated carbocycles. The topological polar surface area (TPSA) is 132 Å². The molecule has 0 saturated heterocycles. The molecule has 11 heteroatoms. The van der Waals surface area contributed by atoms with Gasteiger partial charge in [0.2, 0.25) is 0 Å². The van der Waals surface area contributed by atoms with Crippen LogP contribution in [-0.4, -0.2) is 57.5 Å². The van der Waals surface area contributed by atoms with Crippen molar-refractivity contribution in [1.29, 1.82) is 5.26 Å². The van der Waals surface area contributed by atoms with Crippen molar-refractivity contribution < 1.29 is 18.3 Å². The number of aryl methyl sites for hydroxylation is 1. The number of hydrogen-bond donors (Lipinski definition) is 1. The first-order chi connectivity index (χ1) is 15.8. The molecule has 0 radical (unpaired) electrons. The monoisotopic (exact) mass is 466 g/mol. The van der Waals surface area contributed by atoms with E-state index in [1.807, 2.05) is 22.6 Å². The van der Waals surface area contributed by atoms with Gasteiger partial charge in [0, 0.05) is 37.7 Å². The molecule has 3 aromatic rings. The summed E-state index contributed by atoms with van der Waals surface area (Å²) >= 11 is 0. The van der Waals surface area contributed by atoms with Gasteiger partial charge < -0.3 is 14.6 Å². The minimum atomic E-state index is -4.18. The van der Waals surface area contributed by atoms with E-state index in [1.165, 1.54) is 12.3 Å². The van der Waals surface area contributed by atoms with E-state index in [2.05, 4.69) is 16.0 Å². The van der Waals surface area contributed by atoms with E-state index in [9.17, 15) is 23.6 Å². The van der Waals surface area contributed by atoms with Gasteiger partial charge in [0.25, 0.3) is 10.0 Å². The number of nitrogens with zero attached hydrogens (tertiary/aromatic N) is 6. The molecule has 1 unspecified atom stereocenters. The molecule has 0 fully saturated rings. The molecular weight excluding hydrogens is 444 g/mol. The summed E-state index contributed by atoms with van der Waals surface area (Å²) in [6.07, 6.45) is 5.04. The van der Waals surface area contributed by atoms with E-state index < -0.39 is 28.6 Å². The Morgan fingerprint density at radius 3 is 2.79 bits per heavy atom. The molecule has 4 rings (SSSR count). The average molecular weight is 467 g/mol. The molecule has 33 heavy (non-hydrogen) atoms. The average Bonchev–Trinajstić information content (AvgIpc) is 3.21. The number of pyridine rings is 1. The molecule has 1 aliphatic heterocycles. The van der Waals surface area contributed by atoms with E-state index in [0.717, 1.165) is 21.2 Å². The second-order valence-electron chi connectivity index (χ2n) is 7.80. The van der Waals surface area contributed by atoms with Crippen LogP contribution in [-0.2, 0) is 34.8 Å². The fraction of sp³-hybridized carbons (Fsp3) is 0.273. The summed E-state index contributed by atoms with van der Waals surface area (Å²) in [6.45, 7) is 0.0102. The lowest BCUT2D eigenvalue weighted by Gasteiger charge is -2.40. The summed E-state index contributed by atoms with van der Waals surface area (Å²) in [5.74, 6) is -1.26. The number of aromatic nitrogens is 3. The van der Waals surface area contributed by atoms with Gasteiger partial charge in [-0.25, -0.2) is 18.4 Å². The zero-order chi connectivity index (χ0) is 23.6. The van der Waals surface area contributed by atoms with Gasteiger partial charge in [-0.1, -0.05) is 6.07 Å². The summed E-state index contributed by atoms with van der Waals surface area (Å²) in [4.78, 5) is 21.7. The van der Waals surface area contributed by atoms with Gasteiger partial charge in [0.15, 0.2) is 5.03 Å². The van der Waals surface area contributed by atoms with Gasteiger partial charge in [0.05, 0.1) is 30.2 Å². The van der Waals surface area contributed by atoms with Crippen LogP contribution in [0, 0.1) is 11.3 Å². The van der Waals surface area contributed by atoms with Crippen molar-refractivity contribution in [3.63, 3.8) is 0 Å². The molecule has 0 spiro atoms. The molecule has 0 aliphatic carbocycles. The molecule has 0 bridgehead atoms. The van der Waals surface area contributed by atoms with E-state index in [4.69, 9.17) is 0 Å². The summed E-state index contributed by atoms with van der Waals surface area (Å²) in [5, 5.41) is 18.7. The van der Waals surface area contributed by atoms with Crippen molar-refractivity contribution in [2.45, 2.75) is 24.0 Å². The first kappa shape index (κ1) is 22.4. The van der Waals surface area contributed by atoms with Crippen molar-refractivity contribution in [3.05, 3.63) is 71.9 Å². The fourth-order valence-corrected chi connectivity index (χ4v) is 5.54. The van der Waals surface area contributed by atoms with E-state index in [0.29, 0.717) is 12.1 Å². The van der Waals surface area contributed by atoms with Gasteiger partial charge in [-0.05, 0) is 42.3 Å². The largest absolute Gasteiger partial charge is 0.480 e. The predicted molar refractivity (Wildman–Crippen MR) is 119 cm³/mol. The van der Waals surface area contributed by atoms with Gasteiger partial charge in [-0.3, -0.25) is 4.79 Å². The standard InChI is InChI=1S/C22H22N6O4S/c1-26-15-24-11-19(26)13-27-12-18(9-17-8-16(10-23)5-6-20(17)27)28(14-22(29)30)33(31,32)21-4-2-3-7-25-21/h2-8,11,15,18H,9,12-14H2,1H3,(H,29,30). The zero-order valence-corrected chi connectivity index (χ0v) is 18.7. The maximum absolute atomic E-state index is 13.4. The fourth-order valence-electron chi connectivity index (χ4n) is 4.04. The van der Waals surface area contributed by atoms with E-state index in [1.54, 1.807) is 36.8 Å². The number of nitriles is 1. The van der Waals surface area contributed by atoms with Crippen molar-refractivity contribution >= 4 is 21.7 Å². The maximum atomic E-state index is 13.4. The molecule has 2 aromatic heterocycles. The number of rotatable bonds is 7. The number of benzene rings is 1. The Morgan fingerprint density at radius 1 is 1.33 bits per heavy atom. The van der Waals surface area contributed by atoms with Crippen LogP contribution in [0.4, 0.5) is 5.69 Å². The number of carboxylic acids is 1. The highest BCUT2D eigenvalue weighted by molar-refractivity contribution is 7.89. The molecule has 3 heterocycles. The molecule has 1 N–H and O–H groups in total. The van der Waals surface area contributed by atoms with E-state index >= 15 is 0 Å². The lowest BCUT2D eigenvalue weighted by Crippen LogP contribution is -2.52. The highest BCUT2D eigenvalue weighted by Crippen LogP contribution is 2.32. The summed E-state index contributed by atoms with van der Waals surface area (Å²) in [5.41, 5.74) is 3.01. The van der Waals surface area contributed by atoms with Crippen LogP contribution in [0.5, 0.6) is 0 Å². The number of aliphatic carboxylic acids is 1. The maximum Gasteiger partial charge on any atom is 0.318 e. The molecule has 1 aliphatic rings. The van der Waals surface area contributed by atoms with Crippen molar-refractivity contribution in [2.24, 2.45) is 7.05 Å². The van der Waals surface area contributed by atoms with Gasteiger partial charge >= 0.3 is 5.97 Å². The number of anilines is 1. The van der Waals surface area contributed by atoms with Gasteiger partial charge in [0.1, 0.15) is 6.54 Å². The third-order valence-corrected chi connectivity index (χ3v) is 7.43. The highest BCUT2D eigenvalue weighted by atomic mass is 32.2. The minimum absolute atomic E-state index is 0.207. The Kier molecular flexibility index (Phi) is 6.13. The summed E-state index contributed by atoms with van der Waals surface area (Å²) in [7, 11) is -2.31. The van der Waals surface area contributed by atoms with Crippen molar-refractivity contribution in [1.82, 2.24) is 18.8 Å². The second kappa shape index (κ2) is 9.01. The molecule has 1 aromatic carbocycles. The molecule has 10 nitrogen and oxygen atoms in total. The Bertz CT molecular complexity index is 1320. The van der Waals surface area contributed by atoms with Crippen LogP contribution < -0.4 is 4.90 Å². The third-order valence-electron chi connectivity index (χ3n) is 5.61. The highest BCUT2D eigenvalue weighted by Gasteiger charge is 2.38. The zero-order valence-electron chi connectivity index (χ0n) is 17.9. The number of imidazole rings is 1. The molecule has 0 amide bonds. The number of carbonyl (C=O) groups is 1. The summed E-state index contributed by atoms with van der Waals surface area (Å²) in [6, 6.07) is 11.2. The van der Waals surface area contributed by atoms with Crippen LogP contribution in [0.3, 0.4) is 0 Å². The smallest absolute Gasteiger partial charge is 0.318 e. The van der Waals surface area contributed by atoms with Crippen LogP contribution >= 0.6 is 0 Å². The Hall–Kier alpha value is -3.75. The minimum Gasteiger partial charge on any atom is -0.480 e. The Morgan fingerprint density at radius 2 is 2.15 bits per heavy atom. The SMILES string of the molecule is Cn1cncc1CN1CC(N(CC(=O)O)S(=O)(=O)c2ccccn2)Cc2cc(C#N)ccc21. The Labute approximate surface area is 191 Å². The van der Waals surface area contributed by atoms with Crippen LogP contribution in [0.25, 0.3) is 0 Å². The van der Waals surface area contributed by atoms with E-state index in [-0.39, 0.29) is 18.0 Å². The number of hydrogen-bond acceptors (Lipinski definition) is 7. The summed E-state index contributed by atoms with van der Waals surface area (Å²) < 4.78 is 29.7.